The highest BCUT2D eigenvalue weighted by Crippen LogP contribution is 2.44. The molecule has 0 fully saturated rings. The van der Waals surface area contributed by atoms with Crippen molar-refractivity contribution in [2.45, 2.75) is 13.3 Å². The molecule has 142 valence electrons. The summed E-state index contributed by atoms with van der Waals surface area (Å²) in [5.74, 6) is 1.40. The normalized spacial score (nSPS) is 10.7. The Morgan fingerprint density at radius 1 is 1.11 bits per heavy atom. The number of aromatic nitrogens is 1. The molecule has 1 heterocycles. The third kappa shape index (κ3) is 3.66. The van der Waals surface area contributed by atoms with E-state index < -0.39 is 0 Å². The smallest absolute Gasteiger partial charge is 0.228 e. The topological polar surface area (TPSA) is 72.6 Å². The minimum absolute atomic E-state index is 0.155. The predicted octanol–water partition coefficient (Wildman–Crippen LogP) is 4.34. The molecule has 0 radical (unpaired) electrons. The number of ether oxygens (including phenoxy) is 3. The summed E-state index contributed by atoms with van der Waals surface area (Å²) >= 11 is 6.02. The lowest BCUT2D eigenvalue weighted by molar-refractivity contribution is -0.115. The molecular formula is C20H21ClN2O4. The second kappa shape index (κ2) is 7.80. The molecule has 0 aliphatic carbocycles. The zero-order valence-electron chi connectivity index (χ0n) is 15.6. The first-order valence-electron chi connectivity index (χ1n) is 8.33. The molecule has 0 bridgehead atoms. The van der Waals surface area contributed by atoms with Crippen molar-refractivity contribution in [2.24, 2.45) is 0 Å². The monoisotopic (exact) mass is 388 g/mol. The summed E-state index contributed by atoms with van der Waals surface area (Å²) in [6.45, 7) is 1.91. The number of methoxy groups -OCH3 is 3. The molecule has 2 aromatic carbocycles. The lowest BCUT2D eigenvalue weighted by Crippen LogP contribution is -2.15. The molecule has 2 N–H and O–H groups in total. The van der Waals surface area contributed by atoms with Crippen LogP contribution in [0, 0.1) is 6.92 Å². The molecule has 0 unspecified atom stereocenters. The number of nitrogens with one attached hydrogen (secondary N) is 2. The van der Waals surface area contributed by atoms with Gasteiger partial charge in [-0.2, -0.15) is 0 Å². The van der Waals surface area contributed by atoms with Crippen LogP contribution in [0.25, 0.3) is 10.9 Å². The van der Waals surface area contributed by atoms with Gasteiger partial charge in [0.1, 0.15) is 0 Å². The number of hydrogen-bond donors (Lipinski definition) is 2. The molecule has 0 saturated carbocycles. The zero-order chi connectivity index (χ0) is 19.6. The van der Waals surface area contributed by atoms with E-state index in [9.17, 15) is 4.79 Å². The Morgan fingerprint density at radius 3 is 2.52 bits per heavy atom. The van der Waals surface area contributed by atoms with Gasteiger partial charge < -0.3 is 24.5 Å². The minimum Gasteiger partial charge on any atom is -0.493 e. The van der Waals surface area contributed by atoms with Gasteiger partial charge in [-0.05, 0) is 30.2 Å². The molecule has 3 rings (SSSR count). The van der Waals surface area contributed by atoms with Gasteiger partial charge in [0.05, 0.1) is 33.3 Å². The van der Waals surface area contributed by atoms with E-state index in [1.165, 1.54) is 0 Å². The third-order valence-corrected chi connectivity index (χ3v) is 4.61. The zero-order valence-corrected chi connectivity index (χ0v) is 16.4. The molecule has 0 spiro atoms. The SMILES string of the molecule is COc1cc2[nH]cc(CC(=O)Nc3cc(Cl)ccc3C)c2c(OC)c1OC. The van der Waals surface area contributed by atoms with Gasteiger partial charge >= 0.3 is 0 Å². The molecular weight excluding hydrogens is 368 g/mol. The van der Waals surface area contributed by atoms with Crippen LogP contribution in [0.4, 0.5) is 5.69 Å². The number of fused-ring (bicyclic) bond motifs is 1. The number of aryl methyl sites for hydroxylation is 1. The van der Waals surface area contributed by atoms with E-state index in [0.717, 1.165) is 22.0 Å². The molecule has 0 aliphatic heterocycles. The number of carbonyl (C=O) groups excluding carboxylic acids is 1. The Labute approximate surface area is 162 Å². The standard InChI is InChI=1S/C20H21ClN2O4/c1-11-5-6-13(21)8-14(11)23-17(24)7-12-10-22-15-9-16(25-2)19(26-3)20(27-4)18(12)15/h5-6,8-10,22H,7H2,1-4H3,(H,23,24). The van der Waals surface area contributed by atoms with E-state index >= 15 is 0 Å². The summed E-state index contributed by atoms with van der Waals surface area (Å²) in [4.78, 5) is 15.8. The summed E-state index contributed by atoms with van der Waals surface area (Å²) < 4.78 is 16.4. The maximum Gasteiger partial charge on any atom is 0.228 e. The number of benzene rings is 2. The largest absolute Gasteiger partial charge is 0.493 e. The van der Waals surface area contributed by atoms with E-state index in [2.05, 4.69) is 10.3 Å². The first-order valence-corrected chi connectivity index (χ1v) is 8.71. The van der Waals surface area contributed by atoms with Gasteiger partial charge in [0, 0.05) is 28.4 Å². The van der Waals surface area contributed by atoms with Crippen LogP contribution in [0.3, 0.4) is 0 Å². The first-order chi connectivity index (χ1) is 13.0. The second-order valence-electron chi connectivity index (χ2n) is 6.07. The number of halogens is 1. The van der Waals surface area contributed by atoms with E-state index in [4.69, 9.17) is 25.8 Å². The maximum absolute atomic E-state index is 12.6. The van der Waals surface area contributed by atoms with E-state index in [1.54, 1.807) is 39.7 Å². The Kier molecular flexibility index (Phi) is 5.46. The molecule has 0 saturated heterocycles. The minimum atomic E-state index is -0.155. The molecule has 27 heavy (non-hydrogen) atoms. The molecule has 0 aliphatic rings. The van der Waals surface area contributed by atoms with Gasteiger partial charge in [-0.15, -0.1) is 0 Å². The van der Waals surface area contributed by atoms with E-state index in [0.29, 0.717) is 28.0 Å². The Balaban J connectivity index is 1.95. The number of amides is 1. The molecule has 0 atom stereocenters. The fourth-order valence-electron chi connectivity index (χ4n) is 3.06. The van der Waals surface area contributed by atoms with Crippen LogP contribution in [-0.2, 0) is 11.2 Å². The number of carbonyl (C=O) groups is 1. The first kappa shape index (κ1) is 18.9. The average molecular weight is 389 g/mol. The van der Waals surface area contributed by atoms with Gasteiger partial charge in [0.15, 0.2) is 11.5 Å². The van der Waals surface area contributed by atoms with E-state index in [1.807, 2.05) is 19.1 Å². The van der Waals surface area contributed by atoms with Gasteiger partial charge in [0.25, 0.3) is 0 Å². The summed E-state index contributed by atoms with van der Waals surface area (Å²) in [5.41, 5.74) is 3.22. The Bertz CT molecular complexity index is 997. The van der Waals surface area contributed by atoms with E-state index in [-0.39, 0.29) is 12.3 Å². The number of rotatable bonds is 6. The van der Waals surface area contributed by atoms with Crippen LogP contribution in [0.5, 0.6) is 17.2 Å². The molecule has 6 nitrogen and oxygen atoms in total. The third-order valence-electron chi connectivity index (χ3n) is 4.38. The summed E-state index contributed by atoms with van der Waals surface area (Å²) in [6, 6.07) is 7.21. The Morgan fingerprint density at radius 2 is 1.85 bits per heavy atom. The van der Waals surface area contributed by atoms with Crippen molar-refractivity contribution in [3.63, 3.8) is 0 Å². The van der Waals surface area contributed by atoms with Crippen molar-refractivity contribution in [3.8, 4) is 17.2 Å². The van der Waals surface area contributed by atoms with Crippen LogP contribution in [0.15, 0.2) is 30.5 Å². The van der Waals surface area contributed by atoms with Crippen LogP contribution >= 0.6 is 11.6 Å². The van der Waals surface area contributed by atoms with Crippen LogP contribution in [-0.4, -0.2) is 32.2 Å². The van der Waals surface area contributed by atoms with Crippen molar-refractivity contribution in [3.05, 3.63) is 46.6 Å². The van der Waals surface area contributed by atoms with Crippen molar-refractivity contribution in [2.75, 3.05) is 26.6 Å². The number of H-pyrrole nitrogens is 1. The van der Waals surface area contributed by atoms with Crippen molar-refractivity contribution in [1.82, 2.24) is 4.98 Å². The van der Waals surface area contributed by atoms with Gasteiger partial charge in [-0.1, -0.05) is 17.7 Å². The molecule has 7 heteroatoms. The highest BCUT2D eigenvalue weighted by atomic mass is 35.5. The average Bonchev–Trinajstić information content (AvgIpc) is 3.05. The van der Waals surface area contributed by atoms with Gasteiger partial charge in [-0.25, -0.2) is 0 Å². The van der Waals surface area contributed by atoms with Crippen LogP contribution < -0.4 is 19.5 Å². The lowest BCUT2D eigenvalue weighted by atomic mass is 10.1. The van der Waals surface area contributed by atoms with Gasteiger partial charge in [-0.3, -0.25) is 4.79 Å². The maximum atomic E-state index is 12.6. The van der Waals surface area contributed by atoms with Crippen LogP contribution in [0.2, 0.25) is 5.02 Å². The fraction of sp³-hybridized carbons (Fsp3) is 0.250. The fourth-order valence-corrected chi connectivity index (χ4v) is 3.23. The quantitative estimate of drug-likeness (QED) is 0.659. The highest BCUT2D eigenvalue weighted by molar-refractivity contribution is 6.31. The van der Waals surface area contributed by atoms with Gasteiger partial charge in [0.2, 0.25) is 11.7 Å². The van der Waals surface area contributed by atoms with Crippen LogP contribution in [0.1, 0.15) is 11.1 Å². The van der Waals surface area contributed by atoms with Crippen molar-refractivity contribution in [1.29, 1.82) is 0 Å². The number of hydrogen-bond acceptors (Lipinski definition) is 4. The summed E-state index contributed by atoms with van der Waals surface area (Å²) in [6.07, 6.45) is 1.95. The predicted molar refractivity (Wildman–Crippen MR) is 106 cm³/mol. The van der Waals surface area contributed by atoms with Crippen molar-refractivity contribution >= 4 is 34.1 Å². The molecule has 3 aromatic rings. The number of aromatic amines is 1. The summed E-state index contributed by atoms with van der Waals surface area (Å²) in [5, 5.41) is 4.26. The van der Waals surface area contributed by atoms with Crippen molar-refractivity contribution < 1.29 is 19.0 Å². The lowest BCUT2D eigenvalue weighted by Gasteiger charge is -2.14. The second-order valence-corrected chi connectivity index (χ2v) is 6.50. The molecule has 1 aromatic heterocycles. The number of anilines is 1. The molecule has 1 amide bonds. The Hall–Kier alpha value is -2.86. The summed E-state index contributed by atoms with van der Waals surface area (Å²) in [7, 11) is 4.67. The highest BCUT2D eigenvalue weighted by Gasteiger charge is 2.21.